The molecule has 1 aromatic heterocycles. The van der Waals surface area contributed by atoms with Gasteiger partial charge in [0.15, 0.2) is 5.60 Å². The summed E-state index contributed by atoms with van der Waals surface area (Å²) in [4.78, 5) is 16.0. The molecular weight excluding hydrogens is 403 g/mol. The Bertz CT molecular complexity index is 991. The van der Waals surface area contributed by atoms with Crippen LogP contribution in [0, 0.1) is 0 Å². The molecule has 0 spiro atoms. The number of aromatic nitrogens is 1. The topological polar surface area (TPSA) is 39.2 Å². The third-order valence-electron chi connectivity index (χ3n) is 4.49. The minimum absolute atomic E-state index is 0.120. The van der Waals surface area contributed by atoms with Gasteiger partial charge in [0.1, 0.15) is 0 Å². The van der Waals surface area contributed by atoms with Crippen LogP contribution >= 0.6 is 11.6 Å². The number of rotatable bonds is 5. The number of halogens is 4. The van der Waals surface area contributed by atoms with Crippen LogP contribution in [0.5, 0.6) is 0 Å². The van der Waals surface area contributed by atoms with Crippen molar-refractivity contribution in [3.63, 3.8) is 0 Å². The fourth-order valence-electron chi connectivity index (χ4n) is 3.23. The maximum absolute atomic E-state index is 13.4. The van der Waals surface area contributed by atoms with Crippen molar-refractivity contribution in [2.45, 2.75) is 25.1 Å². The summed E-state index contributed by atoms with van der Waals surface area (Å²) in [6.45, 7) is 1.23. The van der Waals surface area contributed by atoms with Crippen molar-refractivity contribution in [2.24, 2.45) is 0 Å². The highest BCUT2D eigenvalue weighted by atomic mass is 35.5. The lowest BCUT2D eigenvalue weighted by atomic mass is 9.80. The summed E-state index contributed by atoms with van der Waals surface area (Å²) in [5.41, 5.74) is -0.827. The highest BCUT2D eigenvalue weighted by Crippen LogP contribution is 2.40. The van der Waals surface area contributed by atoms with E-state index in [1.165, 1.54) is 31.5 Å². The maximum Gasteiger partial charge on any atom is 0.416 e. The molecule has 3 rings (SSSR count). The number of carbonyl (C=O) groups is 1. The second-order valence-electron chi connectivity index (χ2n) is 6.54. The largest absolute Gasteiger partial charge is 0.449 e. The summed E-state index contributed by atoms with van der Waals surface area (Å²) in [5.74, 6) is -0.617. The highest BCUT2D eigenvalue weighted by molar-refractivity contribution is 6.30. The Balaban J connectivity index is 2.23. The second-order valence-corrected chi connectivity index (χ2v) is 6.97. The van der Waals surface area contributed by atoms with Crippen LogP contribution < -0.4 is 0 Å². The first-order valence-electron chi connectivity index (χ1n) is 8.73. The molecule has 3 nitrogen and oxygen atoms in total. The molecule has 0 amide bonds. The molecular formula is C22H17ClF3NO2. The number of carbonyl (C=O) groups excluding carboxylic acids is 1. The minimum atomic E-state index is -4.53. The molecule has 150 valence electrons. The summed E-state index contributed by atoms with van der Waals surface area (Å²) in [6, 6.07) is 14.9. The average Bonchev–Trinajstić information content (AvgIpc) is 2.69. The summed E-state index contributed by atoms with van der Waals surface area (Å²) in [7, 11) is 0. The molecule has 0 saturated carbocycles. The molecule has 0 bridgehead atoms. The molecule has 0 aliphatic carbocycles. The van der Waals surface area contributed by atoms with Gasteiger partial charge in [0.2, 0.25) is 0 Å². The Morgan fingerprint density at radius 3 is 2.17 bits per heavy atom. The molecule has 7 heteroatoms. The number of hydrogen-bond acceptors (Lipinski definition) is 3. The van der Waals surface area contributed by atoms with Crippen molar-refractivity contribution < 1.29 is 22.7 Å². The summed E-state index contributed by atoms with van der Waals surface area (Å²) >= 11 is 5.95. The van der Waals surface area contributed by atoms with E-state index in [1.807, 2.05) is 0 Å². The molecule has 0 aliphatic heterocycles. The van der Waals surface area contributed by atoms with Crippen molar-refractivity contribution in [2.75, 3.05) is 0 Å². The van der Waals surface area contributed by atoms with Gasteiger partial charge in [-0.15, -0.1) is 0 Å². The van der Waals surface area contributed by atoms with Crippen molar-refractivity contribution in [1.82, 2.24) is 4.98 Å². The quantitative estimate of drug-likeness (QED) is 0.490. The van der Waals surface area contributed by atoms with Crippen LogP contribution in [0.15, 0.2) is 73.1 Å². The molecule has 0 aliphatic rings. The third kappa shape index (κ3) is 4.77. The lowest BCUT2D eigenvalue weighted by Crippen LogP contribution is -2.36. The first-order chi connectivity index (χ1) is 13.7. The Hall–Kier alpha value is -2.86. The van der Waals surface area contributed by atoms with E-state index >= 15 is 0 Å². The van der Waals surface area contributed by atoms with Crippen molar-refractivity contribution >= 4 is 17.6 Å². The van der Waals surface area contributed by atoms with Crippen LogP contribution in [0.1, 0.15) is 29.2 Å². The van der Waals surface area contributed by atoms with Gasteiger partial charge in [0, 0.05) is 41.9 Å². The van der Waals surface area contributed by atoms with Gasteiger partial charge in [0.05, 0.1) is 5.56 Å². The molecule has 2 aromatic carbocycles. The van der Waals surface area contributed by atoms with E-state index in [9.17, 15) is 18.0 Å². The maximum atomic E-state index is 13.4. The molecule has 0 N–H and O–H groups in total. The Kier molecular flexibility index (Phi) is 5.94. The Morgan fingerprint density at radius 1 is 0.966 bits per heavy atom. The van der Waals surface area contributed by atoms with E-state index in [4.69, 9.17) is 16.3 Å². The summed E-state index contributed by atoms with van der Waals surface area (Å²) in [5, 5.41) is 0.523. The standard InChI is InChI=1S/C22H17ClF3NO2/c1-15(28)29-21(17-9-11-27-12-10-17,14-16-5-7-20(23)8-6-16)18-3-2-4-19(13-18)22(24,25)26/h2-13H,14H2,1H3. The Labute approximate surface area is 171 Å². The van der Waals surface area contributed by atoms with Crippen molar-refractivity contribution in [3.05, 3.63) is 100 Å². The second kappa shape index (κ2) is 8.25. The number of ether oxygens (including phenoxy) is 1. The molecule has 3 aromatic rings. The molecule has 1 atom stereocenters. The van der Waals surface area contributed by atoms with Gasteiger partial charge >= 0.3 is 12.1 Å². The van der Waals surface area contributed by atoms with Gasteiger partial charge < -0.3 is 4.74 Å². The zero-order chi connectivity index (χ0) is 21.1. The molecule has 1 heterocycles. The number of hydrogen-bond donors (Lipinski definition) is 0. The number of pyridine rings is 1. The first-order valence-corrected chi connectivity index (χ1v) is 9.11. The van der Waals surface area contributed by atoms with Gasteiger partial charge in [-0.2, -0.15) is 13.2 Å². The van der Waals surface area contributed by atoms with Gasteiger partial charge in [-0.25, -0.2) is 0 Å². The number of esters is 1. The zero-order valence-corrected chi connectivity index (χ0v) is 16.2. The van der Waals surface area contributed by atoms with Gasteiger partial charge in [0.25, 0.3) is 0 Å². The summed E-state index contributed by atoms with van der Waals surface area (Å²) in [6.07, 6.45) is -1.41. The monoisotopic (exact) mass is 419 g/mol. The SMILES string of the molecule is CC(=O)OC(Cc1ccc(Cl)cc1)(c1ccncc1)c1cccc(C(F)(F)F)c1. The van der Waals surface area contributed by atoms with E-state index in [0.717, 1.165) is 17.7 Å². The molecule has 0 saturated heterocycles. The fraction of sp³-hybridized carbons (Fsp3) is 0.182. The number of nitrogens with zero attached hydrogens (tertiary/aromatic N) is 1. The molecule has 0 radical (unpaired) electrons. The van der Waals surface area contributed by atoms with E-state index in [0.29, 0.717) is 10.6 Å². The molecule has 1 unspecified atom stereocenters. The lowest BCUT2D eigenvalue weighted by molar-refractivity contribution is -0.154. The smallest absolute Gasteiger partial charge is 0.416 e. The van der Waals surface area contributed by atoms with Crippen LogP contribution in [0.4, 0.5) is 13.2 Å². The van der Waals surface area contributed by atoms with Gasteiger partial charge in [-0.05, 0) is 42.0 Å². The van der Waals surface area contributed by atoms with Crippen LogP contribution in [-0.2, 0) is 27.7 Å². The molecule has 0 fully saturated rings. The van der Waals surface area contributed by atoms with E-state index in [-0.39, 0.29) is 12.0 Å². The third-order valence-corrected chi connectivity index (χ3v) is 4.74. The van der Waals surface area contributed by atoms with Crippen molar-refractivity contribution in [1.29, 1.82) is 0 Å². The van der Waals surface area contributed by atoms with E-state index < -0.39 is 23.3 Å². The Morgan fingerprint density at radius 2 is 1.59 bits per heavy atom. The number of benzene rings is 2. The molecule has 29 heavy (non-hydrogen) atoms. The van der Waals surface area contributed by atoms with Crippen LogP contribution in [0.2, 0.25) is 5.02 Å². The van der Waals surface area contributed by atoms with Crippen LogP contribution in [0.25, 0.3) is 0 Å². The fourth-order valence-corrected chi connectivity index (χ4v) is 3.35. The average molecular weight is 420 g/mol. The first kappa shape index (κ1) is 20.9. The normalized spacial score (nSPS) is 13.6. The van der Waals surface area contributed by atoms with Crippen LogP contribution in [-0.4, -0.2) is 11.0 Å². The minimum Gasteiger partial charge on any atom is -0.449 e. The predicted molar refractivity (Wildman–Crippen MR) is 103 cm³/mol. The summed E-state index contributed by atoms with van der Waals surface area (Å²) < 4.78 is 45.8. The number of alkyl halides is 3. The van der Waals surface area contributed by atoms with Gasteiger partial charge in [-0.1, -0.05) is 35.9 Å². The predicted octanol–water partition coefficient (Wildman–Crippen LogP) is 5.80. The van der Waals surface area contributed by atoms with Gasteiger partial charge in [-0.3, -0.25) is 9.78 Å². The zero-order valence-electron chi connectivity index (χ0n) is 15.4. The highest BCUT2D eigenvalue weighted by Gasteiger charge is 2.40. The lowest BCUT2D eigenvalue weighted by Gasteiger charge is -2.35. The van der Waals surface area contributed by atoms with Crippen LogP contribution in [0.3, 0.4) is 0 Å². The van der Waals surface area contributed by atoms with E-state index in [1.54, 1.807) is 36.4 Å². The van der Waals surface area contributed by atoms with Crippen molar-refractivity contribution in [3.8, 4) is 0 Å². The van der Waals surface area contributed by atoms with E-state index in [2.05, 4.69) is 4.98 Å².